The smallest absolute Gasteiger partial charge is 0.159 e. The van der Waals surface area contributed by atoms with Crippen molar-refractivity contribution in [1.29, 1.82) is 0 Å². The van der Waals surface area contributed by atoms with Crippen LogP contribution in [0.25, 0.3) is 10.9 Å². The molecule has 1 N–H and O–H groups in total. The number of fused-ring (bicyclic) bond motifs is 1. The summed E-state index contributed by atoms with van der Waals surface area (Å²) in [6.45, 7) is 4.55. The minimum atomic E-state index is -0.105. The summed E-state index contributed by atoms with van der Waals surface area (Å²) in [7, 11) is 0. The Morgan fingerprint density at radius 2 is 2.10 bits per heavy atom. The molecule has 1 aliphatic rings. The molecule has 2 aromatic rings. The number of ether oxygens (including phenoxy) is 2. The number of benzene rings is 1. The highest BCUT2D eigenvalue weighted by Crippen LogP contribution is 2.28. The number of aromatic nitrogens is 1. The number of rotatable bonds is 6. The molecule has 1 aromatic heterocycles. The molecule has 1 unspecified atom stereocenters. The van der Waals surface area contributed by atoms with Gasteiger partial charge in [-0.1, -0.05) is 25.1 Å². The van der Waals surface area contributed by atoms with Crippen LogP contribution in [0.2, 0.25) is 0 Å². The average Bonchev–Trinajstić information content (AvgIpc) is 3.04. The van der Waals surface area contributed by atoms with E-state index in [0.29, 0.717) is 13.2 Å². The standard InChI is InChI=1S/C17H22N2O2/c1-2-8-18-16(12-17-20-10-11-21-17)14-5-3-7-15-13(14)6-4-9-19-15/h3-7,9,16-18H,2,8,10-12H2,1H3. The third-order valence-electron chi connectivity index (χ3n) is 3.81. The first-order valence-corrected chi connectivity index (χ1v) is 7.68. The Labute approximate surface area is 125 Å². The van der Waals surface area contributed by atoms with Crippen LogP contribution >= 0.6 is 0 Å². The van der Waals surface area contributed by atoms with E-state index < -0.39 is 0 Å². The Morgan fingerprint density at radius 3 is 2.90 bits per heavy atom. The summed E-state index contributed by atoms with van der Waals surface area (Å²) in [6.07, 6.45) is 3.66. The van der Waals surface area contributed by atoms with Gasteiger partial charge in [-0.25, -0.2) is 0 Å². The summed E-state index contributed by atoms with van der Waals surface area (Å²) in [5.74, 6) is 0. The van der Waals surface area contributed by atoms with Gasteiger partial charge in [0.15, 0.2) is 6.29 Å². The van der Waals surface area contributed by atoms with Crippen LogP contribution in [0.1, 0.15) is 31.4 Å². The molecule has 1 fully saturated rings. The van der Waals surface area contributed by atoms with Crippen LogP contribution in [0, 0.1) is 0 Å². The van der Waals surface area contributed by atoms with E-state index in [1.54, 1.807) is 0 Å². The Morgan fingerprint density at radius 1 is 1.24 bits per heavy atom. The van der Waals surface area contributed by atoms with Gasteiger partial charge in [0.2, 0.25) is 0 Å². The van der Waals surface area contributed by atoms with Gasteiger partial charge in [-0.15, -0.1) is 0 Å². The fourth-order valence-corrected chi connectivity index (χ4v) is 2.81. The maximum absolute atomic E-state index is 5.62. The molecule has 1 aliphatic heterocycles. The van der Waals surface area contributed by atoms with Crippen LogP contribution in [0.5, 0.6) is 0 Å². The van der Waals surface area contributed by atoms with Crippen molar-refractivity contribution in [2.45, 2.75) is 32.1 Å². The van der Waals surface area contributed by atoms with E-state index in [1.165, 1.54) is 10.9 Å². The van der Waals surface area contributed by atoms with E-state index in [-0.39, 0.29) is 12.3 Å². The predicted molar refractivity (Wildman–Crippen MR) is 83.1 cm³/mol. The van der Waals surface area contributed by atoms with Crippen LogP contribution in [0.4, 0.5) is 0 Å². The van der Waals surface area contributed by atoms with Crippen LogP contribution in [0.15, 0.2) is 36.5 Å². The zero-order valence-electron chi connectivity index (χ0n) is 12.4. The second kappa shape index (κ2) is 6.98. The van der Waals surface area contributed by atoms with Crippen molar-refractivity contribution in [3.8, 4) is 0 Å². The van der Waals surface area contributed by atoms with Crippen LogP contribution < -0.4 is 5.32 Å². The zero-order valence-corrected chi connectivity index (χ0v) is 12.4. The van der Waals surface area contributed by atoms with Gasteiger partial charge in [0.25, 0.3) is 0 Å². The lowest BCUT2D eigenvalue weighted by Gasteiger charge is -2.23. The fraction of sp³-hybridized carbons (Fsp3) is 0.471. The lowest BCUT2D eigenvalue weighted by molar-refractivity contribution is -0.0529. The molecule has 1 saturated heterocycles. The van der Waals surface area contributed by atoms with Gasteiger partial charge >= 0.3 is 0 Å². The normalized spacial score (nSPS) is 17.4. The van der Waals surface area contributed by atoms with Gasteiger partial charge in [0.05, 0.1) is 18.7 Å². The summed E-state index contributed by atoms with van der Waals surface area (Å²) in [5.41, 5.74) is 2.31. The number of nitrogens with one attached hydrogen (secondary N) is 1. The van der Waals surface area contributed by atoms with E-state index in [9.17, 15) is 0 Å². The molecule has 0 bridgehead atoms. The summed E-state index contributed by atoms with van der Waals surface area (Å²) >= 11 is 0. The Kier molecular flexibility index (Phi) is 4.80. The molecular formula is C17H22N2O2. The van der Waals surface area contributed by atoms with Gasteiger partial charge in [0, 0.05) is 24.0 Å². The monoisotopic (exact) mass is 286 g/mol. The summed E-state index contributed by atoms with van der Waals surface area (Å²) in [5, 5.41) is 4.82. The number of hydrogen-bond donors (Lipinski definition) is 1. The average molecular weight is 286 g/mol. The predicted octanol–water partition coefficient (Wildman–Crippen LogP) is 3.04. The summed E-state index contributed by atoms with van der Waals surface area (Å²) < 4.78 is 11.2. The second-order valence-electron chi connectivity index (χ2n) is 5.33. The van der Waals surface area contributed by atoms with Gasteiger partial charge in [0.1, 0.15) is 0 Å². The highest BCUT2D eigenvalue weighted by atomic mass is 16.7. The van der Waals surface area contributed by atoms with Crippen molar-refractivity contribution in [1.82, 2.24) is 10.3 Å². The molecule has 4 heteroatoms. The van der Waals surface area contributed by atoms with Crippen molar-refractivity contribution in [2.75, 3.05) is 19.8 Å². The van der Waals surface area contributed by atoms with E-state index >= 15 is 0 Å². The molecule has 0 aliphatic carbocycles. The van der Waals surface area contributed by atoms with Gasteiger partial charge in [-0.2, -0.15) is 0 Å². The van der Waals surface area contributed by atoms with Gasteiger partial charge in [-0.05, 0) is 30.7 Å². The highest BCUT2D eigenvalue weighted by molar-refractivity contribution is 5.82. The first-order chi connectivity index (χ1) is 10.4. The molecule has 1 aromatic carbocycles. The molecule has 0 saturated carbocycles. The van der Waals surface area contributed by atoms with Crippen molar-refractivity contribution in [2.24, 2.45) is 0 Å². The van der Waals surface area contributed by atoms with Crippen molar-refractivity contribution in [3.63, 3.8) is 0 Å². The number of pyridine rings is 1. The Hall–Kier alpha value is -1.49. The van der Waals surface area contributed by atoms with E-state index in [2.05, 4.69) is 41.5 Å². The van der Waals surface area contributed by atoms with Gasteiger partial charge < -0.3 is 14.8 Å². The molecule has 2 heterocycles. The van der Waals surface area contributed by atoms with Crippen LogP contribution in [-0.4, -0.2) is 31.0 Å². The summed E-state index contributed by atoms with van der Waals surface area (Å²) in [4.78, 5) is 4.45. The highest BCUT2D eigenvalue weighted by Gasteiger charge is 2.23. The Balaban J connectivity index is 1.89. The van der Waals surface area contributed by atoms with Crippen molar-refractivity contribution < 1.29 is 9.47 Å². The number of nitrogens with zero attached hydrogens (tertiary/aromatic N) is 1. The zero-order chi connectivity index (χ0) is 14.5. The van der Waals surface area contributed by atoms with Crippen molar-refractivity contribution in [3.05, 3.63) is 42.1 Å². The lowest BCUT2D eigenvalue weighted by atomic mass is 9.98. The number of hydrogen-bond acceptors (Lipinski definition) is 4. The molecule has 4 nitrogen and oxygen atoms in total. The third-order valence-corrected chi connectivity index (χ3v) is 3.81. The molecule has 0 amide bonds. The molecule has 0 radical (unpaired) electrons. The molecule has 3 rings (SSSR count). The first-order valence-electron chi connectivity index (χ1n) is 7.68. The molecule has 0 spiro atoms. The van der Waals surface area contributed by atoms with Gasteiger partial charge in [-0.3, -0.25) is 4.98 Å². The van der Waals surface area contributed by atoms with Crippen molar-refractivity contribution >= 4 is 10.9 Å². The largest absolute Gasteiger partial charge is 0.350 e. The minimum absolute atomic E-state index is 0.105. The second-order valence-corrected chi connectivity index (χ2v) is 5.33. The summed E-state index contributed by atoms with van der Waals surface area (Å²) in [6, 6.07) is 10.6. The molecular weight excluding hydrogens is 264 g/mol. The maximum atomic E-state index is 5.62. The SMILES string of the molecule is CCCNC(CC1OCCO1)c1cccc2ncccc12. The Bertz CT molecular complexity index is 577. The van der Waals surface area contributed by atoms with E-state index in [0.717, 1.165) is 24.9 Å². The molecule has 21 heavy (non-hydrogen) atoms. The topological polar surface area (TPSA) is 43.4 Å². The van der Waals surface area contributed by atoms with E-state index in [1.807, 2.05) is 12.3 Å². The lowest BCUT2D eigenvalue weighted by Crippen LogP contribution is -2.27. The quantitative estimate of drug-likeness (QED) is 0.886. The minimum Gasteiger partial charge on any atom is -0.350 e. The fourth-order valence-electron chi connectivity index (χ4n) is 2.81. The van der Waals surface area contributed by atoms with Crippen LogP contribution in [-0.2, 0) is 9.47 Å². The maximum Gasteiger partial charge on any atom is 0.159 e. The first kappa shape index (κ1) is 14.4. The van der Waals surface area contributed by atoms with Crippen LogP contribution in [0.3, 0.4) is 0 Å². The van der Waals surface area contributed by atoms with E-state index in [4.69, 9.17) is 9.47 Å². The molecule has 112 valence electrons. The molecule has 1 atom stereocenters. The third kappa shape index (κ3) is 3.40.